The van der Waals surface area contributed by atoms with Gasteiger partial charge in [0.1, 0.15) is 12.1 Å². The summed E-state index contributed by atoms with van der Waals surface area (Å²) in [5.74, 6) is 0.936. The highest BCUT2D eigenvalue weighted by molar-refractivity contribution is 5.90. The van der Waals surface area contributed by atoms with Crippen LogP contribution in [0.1, 0.15) is 5.82 Å². The van der Waals surface area contributed by atoms with Gasteiger partial charge in [-0.15, -0.1) is 0 Å². The lowest BCUT2D eigenvalue weighted by Crippen LogP contribution is -2.04. The van der Waals surface area contributed by atoms with Crippen molar-refractivity contribution in [2.24, 2.45) is 0 Å². The highest BCUT2D eigenvalue weighted by atomic mass is 16.6. The third-order valence-electron chi connectivity index (χ3n) is 2.65. The summed E-state index contributed by atoms with van der Waals surface area (Å²) in [6.07, 6.45) is 2.60. The lowest BCUT2D eigenvalue weighted by molar-refractivity contribution is -0.384. The van der Waals surface area contributed by atoms with Gasteiger partial charge in [0.15, 0.2) is 5.82 Å². The number of hydrogen-bond acceptors (Lipinski definition) is 8. The van der Waals surface area contributed by atoms with Crippen molar-refractivity contribution in [2.75, 3.05) is 5.32 Å². The summed E-state index contributed by atoms with van der Waals surface area (Å²) < 4.78 is 4.62. The van der Waals surface area contributed by atoms with E-state index in [0.717, 1.165) is 0 Å². The molecule has 0 aliphatic rings. The van der Waals surface area contributed by atoms with Crippen LogP contribution in [0.15, 0.2) is 35.4 Å². The van der Waals surface area contributed by atoms with E-state index in [-0.39, 0.29) is 5.69 Å². The van der Waals surface area contributed by atoms with E-state index in [1.165, 1.54) is 24.9 Å². The maximum atomic E-state index is 10.8. The fraction of sp³-hybridized carbons (Fsp3) is 0.0909. The van der Waals surface area contributed by atoms with E-state index in [2.05, 4.69) is 29.9 Å². The largest absolute Gasteiger partial charge is 0.362 e. The number of nitrogens with one attached hydrogen (secondary N) is 1. The summed E-state index contributed by atoms with van der Waals surface area (Å²) >= 11 is 0. The van der Waals surface area contributed by atoms with Crippen LogP contribution < -0.4 is 5.32 Å². The number of nitro benzene ring substituents is 1. The quantitative estimate of drug-likeness (QED) is 0.560. The van der Waals surface area contributed by atoms with Crippen molar-refractivity contribution in [2.45, 2.75) is 6.54 Å². The molecule has 3 rings (SSSR count). The van der Waals surface area contributed by atoms with E-state index in [4.69, 9.17) is 0 Å². The lowest BCUT2D eigenvalue weighted by Gasteiger charge is -2.05. The van der Waals surface area contributed by atoms with Crippen molar-refractivity contribution in [1.82, 2.24) is 20.1 Å². The molecule has 0 spiro atoms. The SMILES string of the molecule is O=[N+]([O-])c1ccc2ncnc(NCc3ncon3)c2c1. The topological polar surface area (TPSA) is 120 Å². The van der Waals surface area contributed by atoms with Crippen LogP contribution in [0, 0.1) is 10.1 Å². The number of non-ortho nitro benzene ring substituents is 1. The number of nitrogens with zero attached hydrogens (tertiary/aromatic N) is 5. The van der Waals surface area contributed by atoms with E-state index in [9.17, 15) is 10.1 Å². The van der Waals surface area contributed by atoms with Gasteiger partial charge in [-0.05, 0) is 6.07 Å². The first-order valence-corrected chi connectivity index (χ1v) is 5.62. The zero-order valence-electron chi connectivity index (χ0n) is 10.1. The molecule has 0 aliphatic carbocycles. The van der Waals surface area contributed by atoms with E-state index in [1.54, 1.807) is 6.07 Å². The van der Waals surface area contributed by atoms with Crippen molar-refractivity contribution < 1.29 is 9.45 Å². The molecule has 3 aromatic rings. The summed E-state index contributed by atoms with van der Waals surface area (Å²) in [7, 11) is 0. The second-order valence-electron chi connectivity index (χ2n) is 3.88. The van der Waals surface area contributed by atoms with Gasteiger partial charge in [0.2, 0.25) is 6.39 Å². The molecule has 0 saturated heterocycles. The molecule has 0 bridgehead atoms. The van der Waals surface area contributed by atoms with E-state index in [0.29, 0.717) is 29.1 Å². The second-order valence-corrected chi connectivity index (χ2v) is 3.88. The molecule has 1 N–H and O–H groups in total. The summed E-state index contributed by atoms with van der Waals surface area (Å²) in [4.78, 5) is 22.4. The maximum absolute atomic E-state index is 10.8. The van der Waals surface area contributed by atoms with Crippen LogP contribution in [0.2, 0.25) is 0 Å². The van der Waals surface area contributed by atoms with Crippen LogP contribution in [0.25, 0.3) is 10.9 Å². The van der Waals surface area contributed by atoms with Gasteiger partial charge in [-0.3, -0.25) is 10.1 Å². The molecule has 0 amide bonds. The lowest BCUT2D eigenvalue weighted by atomic mass is 10.2. The van der Waals surface area contributed by atoms with Crippen LogP contribution in [-0.4, -0.2) is 25.0 Å². The predicted octanol–water partition coefficient (Wildman–Crippen LogP) is 1.53. The minimum atomic E-state index is -0.463. The van der Waals surface area contributed by atoms with E-state index < -0.39 is 4.92 Å². The molecule has 9 nitrogen and oxygen atoms in total. The molecule has 2 heterocycles. The highest BCUT2D eigenvalue weighted by Gasteiger charge is 2.11. The zero-order valence-corrected chi connectivity index (χ0v) is 10.1. The molecule has 0 radical (unpaired) electrons. The highest BCUT2D eigenvalue weighted by Crippen LogP contribution is 2.24. The Morgan fingerprint density at radius 1 is 1.30 bits per heavy atom. The summed E-state index contributed by atoms with van der Waals surface area (Å²) in [5, 5.41) is 18.0. The fourth-order valence-electron chi connectivity index (χ4n) is 1.73. The molecular weight excluding hydrogens is 264 g/mol. The molecule has 0 unspecified atom stereocenters. The van der Waals surface area contributed by atoms with Crippen molar-refractivity contribution in [3.8, 4) is 0 Å². The molecular formula is C11H8N6O3. The predicted molar refractivity (Wildman–Crippen MR) is 67.8 cm³/mol. The van der Waals surface area contributed by atoms with Crippen LogP contribution in [0.3, 0.4) is 0 Å². The molecule has 0 fully saturated rings. The first kappa shape index (κ1) is 12.0. The number of fused-ring (bicyclic) bond motifs is 1. The molecule has 20 heavy (non-hydrogen) atoms. The monoisotopic (exact) mass is 272 g/mol. The Kier molecular flexibility index (Phi) is 2.92. The maximum Gasteiger partial charge on any atom is 0.270 e. The number of rotatable bonds is 4. The molecule has 100 valence electrons. The normalized spacial score (nSPS) is 10.6. The van der Waals surface area contributed by atoms with Gasteiger partial charge >= 0.3 is 0 Å². The molecule has 0 atom stereocenters. The molecule has 1 aromatic carbocycles. The van der Waals surface area contributed by atoms with Crippen molar-refractivity contribution in [3.63, 3.8) is 0 Å². The summed E-state index contributed by atoms with van der Waals surface area (Å²) in [5.41, 5.74) is 0.594. The number of nitro groups is 1. The Labute approximate surface area is 111 Å². The van der Waals surface area contributed by atoms with Crippen LogP contribution in [0.5, 0.6) is 0 Å². The van der Waals surface area contributed by atoms with Gasteiger partial charge in [0.25, 0.3) is 5.69 Å². The van der Waals surface area contributed by atoms with Crippen molar-refractivity contribution >= 4 is 22.4 Å². The van der Waals surface area contributed by atoms with Crippen molar-refractivity contribution in [3.05, 3.63) is 46.9 Å². The Hall–Kier alpha value is -3.10. The Morgan fingerprint density at radius 2 is 2.20 bits per heavy atom. The third kappa shape index (κ3) is 2.23. The smallest absolute Gasteiger partial charge is 0.270 e. The Bertz CT molecular complexity index is 758. The first-order valence-electron chi connectivity index (χ1n) is 5.62. The number of anilines is 1. The minimum Gasteiger partial charge on any atom is -0.362 e. The van der Waals surface area contributed by atoms with Gasteiger partial charge in [-0.1, -0.05) is 5.16 Å². The first-order chi connectivity index (χ1) is 9.74. The second kappa shape index (κ2) is 4.88. The Morgan fingerprint density at radius 3 is 2.95 bits per heavy atom. The number of aromatic nitrogens is 4. The fourth-order valence-corrected chi connectivity index (χ4v) is 1.73. The minimum absolute atomic E-state index is 0.0186. The van der Waals surface area contributed by atoms with E-state index >= 15 is 0 Å². The third-order valence-corrected chi connectivity index (χ3v) is 2.65. The van der Waals surface area contributed by atoms with Gasteiger partial charge in [-0.25, -0.2) is 9.97 Å². The van der Waals surface area contributed by atoms with Gasteiger partial charge in [0.05, 0.1) is 17.0 Å². The van der Waals surface area contributed by atoms with Crippen molar-refractivity contribution in [1.29, 1.82) is 0 Å². The van der Waals surface area contributed by atoms with Crippen LogP contribution >= 0.6 is 0 Å². The zero-order chi connectivity index (χ0) is 13.9. The molecule has 9 heteroatoms. The molecule has 0 saturated carbocycles. The molecule has 2 aromatic heterocycles. The van der Waals surface area contributed by atoms with Crippen LogP contribution in [-0.2, 0) is 6.54 Å². The van der Waals surface area contributed by atoms with Gasteiger partial charge in [0, 0.05) is 17.5 Å². The average molecular weight is 272 g/mol. The molecule has 0 aliphatic heterocycles. The van der Waals surface area contributed by atoms with Crippen LogP contribution in [0.4, 0.5) is 11.5 Å². The number of hydrogen-bond donors (Lipinski definition) is 1. The standard InChI is InChI=1S/C11H8N6O3/c18-17(19)7-1-2-9-8(3-7)11(14-5-13-9)12-4-10-15-6-20-16-10/h1-3,5-6H,4H2,(H,12,13,14). The summed E-state index contributed by atoms with van der Waals surface area (Å²) in [6.45, 7) is 0.297. The summed E-state index contributed by atoms with van der Waals surface area (Å²) in [6, 6.07) is 4.40. The van der Waals surface area contributed by atoms with E-state index in [1.807, 2.05) is 0 Å². The Balaban J connectivity index is 1.96. The average Bonchev–Trinajstić information content (AvgIpc) is 2.97. The number of benzene rings is 1. The van der Waals surface area contributed by atoms with Gasteiger partial charge < -0.3 is 9.84 Å². The van der Waals surface area contributed by atoms with Gasteiger partial charge in [-0.2, -0.15) is 4.98 Å².